The Morgan fingerprint density at radius 3 is 3.07 bits per heavy atom. The molecule has 0 amide bonds. The van der Waals surface area contributed by atoms with Crippen LogP contribution >= 0.6 is 0 Å². The van der Waals surface area contributed by atoms with Gasteiger partial charge in [-0.1, -0.05) is 5.92 Å². The maximum Gasteiger partial charge on any atom is 0.103 e. The van der Waals surface area contributed by atoms with Crippen LogP contribution in [0.5, 0.6) is 0 Å². The SMILES string of the molecule is CC#CCNC(C)CCc1ccco1. The minimum atomic E-state index is 0.487. The second-order valence-electron chi connectivity index (χ2n) is 3.33. The van der Waals surface area contributed by atoms with Crippen molar-refractivity contribution in [3.63, 3.8) is 0 Å². The molecule has 14 heavy (non-hydrogen) atoms. The molecular weight excluding hydrogens is 174 g/mol. The molecule has 0 aliphatic rings. The van der Waals surface area contributed by atoms with Crippen LogP contribution in [0.2, 0.25) is 0 Å². The monoisotopic (exact) mass is 191 g/mol. The smallest absolute Gasteiger partial charge is 0.103 e. The summed E-state index contributed by atoms with van der Waals surface area (Å²) in [6.45, 7) is 4.80. The maximum atomic E-state index is 5.25. The van der Waals surface area contributed by atoms with Crippen LogP contribution in [0, 0.1) is 11.8 Å². The predicted octanol–water partition coefficient (Wildman–Crippen LogP) is 2.21. The summed E-state index contributed by atoms with van der Waals surface area (Å²) in [4.78, 5) is 0. The van der Waals surface area contributed by atoms with Crippen molar-refractivity contribution >= 4 is 0 Å². The van der Waals surface area contributed by atoms with E-state index < -0.39 is 0 Å². The van der Waals surface area contributed by atoms with Crippen LogP contribution in [-0.4, -0.2) is 12.6 Å². The largest absolute Gasteiger partial charge is 0.469 e. The molecular formula is C12H17NO. The minimum absolute atomic E-state index is 0.487. The van der Waals surface area contributed by atoms with Crippen LogP contribution < -0.4 is 5.32 Å². The van der Waals surface area contributed by atoms with Crippen LogP contribution in [0.3, 0.4) is 0 Å². The lowest BCUT2D eigenvalue weighted by Crippen LogP contribution is -2.26. The summed E-state index contributed by atoms with van der Waals surface area (Å²) in [6.07, 6.45) is 3.79. The van der Waals surface area contributed by atoms with Crippen molar-refractivity contribution < 1.29 is 4.42 Å². The molecule has 0 aliphatic carbocycles. The molecule has 76 valence electrons. The van der Waals surface area contributed by atoms with E-state index in [2.05, 4.69) is 24.1 Å². The van der Waals surface area contributed by atoms with Crippen molar-refractivity contribution in [3.8, 4) is 11.8 Å². The lowest BCUT2D eigenvalue weighted by molar-refractivity contribution is 0.470. The second kappa shape index (κ2) is 6.28. The second-order valence-corrected chi connectivity index (χ2v) is 3.33. The summed E-state index contributed by atoms with van der Waals surface area (Å²) in [5, 5.41) is 3.33. The molecule has 0 aliphatic heterocycles. The van der Waals surface area contributed by atoms with Crippen LogP contribution in [0.15, 0.2) is 22.8 Å². The van der Waals surface area contributed by atoms with Crippen LogP contribution in [0.25, 0.3) is 0 Å². The molecule has 1 unspecified atom stereocenters. The summed E-state index contributed by atoms with van der Waals surface area (Å²) in [7, 11) is 0. The van der Waals surface area contributed by atoms with Gasteiger partial charge < -0.3 is 9.73 Å². The summed E-state index contributed by atoms with van der Waals surface area (Å²) in [5.41, 5.74) is 0. The first-order chi connectivity index (χ1) is 6.83. The fraction of sp³-hybridized carbons (Fsp3) is 0.500. The Kier molecular flexibility index (Phi) is 4.88. The highest BCUT2D eigenvalue weighted by molar-refractivity contribution is 4.99. The Bertz CT molecular complexity index is 292. The highest BCUT2D eigenvalue weighted by Gasteiger charge is 2.01. The van der Waals surface area contributed by atoms with E-state index in [1.165, 1.54) is 0 Å². The topological polar surface area (TPSA) is 25.2 Å². The van der Waals surface area contributed by atoms with E-state index in [9.17, 15) is 0 Å². The van der Waals surface area contributed by atoms with Gasteiger partial charge in [0.25, 0.3) is 0 Å². The molecule has 2 heteroatoms. The van der Waals surface area contributed by atoms with Crippen LogP contribution in [-0.2, 0) is 6.42 Å². The van der Waals surface area contributed by atoms with Crippen molar-refractivity contribution in [2.45, 2.75) is 32.7 Å². The molecule has 1 rings (SSSR count). The molecule has 1 heterocycles. The van der Waals surface area contributed by atoms with Crippen molar-refractivity contribution in [3.05, 3.63) is 24.2 Å². The highest BCUT2D eigenvalue weighted by atomic mass is 16.3. The molecule has 0 spiro atoms. The molecule has 1 atom stereocenters. The maximum absolute atomic E-state index is 5.25. The third kappa shape index (κ3) is 4.15. The van der Waals surface area contributed by atoms with Gasteiger partial charge in [-0.05, 0) is 32.4 Å². The van der Waals surface area contributed by atoms with Gasteiger partial charge in [0.2, 0.25) is 0 Å². The fourth-order valence-corrected chi connectivity index (χ4v) is 1.23. The summed E-state index contributed by atoms with van der Waals surface area (Å²) in [6, 6.07) is 4.43. The molecule has 0 bridgehead atoms. The average molecular weight is 191 g/mol. The van der Waals surface area contributed by atoms with E-state index >= 15 is 0 Å². The van der Waals surface area contributed by atoms with Gasteiger partial charge in [-0.2, -0.15) is 0 Å². The van der Waals surface area contributed by atoms with Crippen LogP contribution in [0.1, 0.15) is 26.0 Å². The molecule has 2 nitrogen and oxygen atoms in total. The van der Waals surface area contributed by atoms with Gasteiger partial charge in [-0.15, -0.1) is 5.92 Å². The zero-order valence-corrected chi connectivity index (χ0v) is 8.84. The van der Waals surface area contributed by atoms with Crippen molar-refractivity contribution in [1.82, 2.24) is 5.32 Å². The Labute approximate surface area is 85.7 Å². The quantitative estimate of drug-likeness (QED) is 0.722. The van der Waals surface area contributed by atoms with Gasteiger partial charge in [-0.25, -0.2) is 0 Å². The molecule has 0 saturated carbocycles. The molecule has 1 aromatic heterocycles. The number of aryl methyl sites for hydroxylation is 1. The third-order valence-electron chi connectivity index (χ3n) is 2.12. The van der Waals surface area contributed by atoms with E-state index in [4.69, 9.17) is 4.42 Å². The number of hydrogen-bond donors (Lipinski definition) is 1. The van der Waals surface area contributed by atoms with E-state index in [0.29, 0.717) is 6.04 Å². The van der Waals surface area contributed by atoms with Crippen molar-refractivity contribution in [1.29, 1.82) is 0 Å². The van der Waals surface area contributed by atoms with Gasteiger partial charge in [0, 0.05) is 12.5 Å². The number of nitrogens with one attached hydrogen (secondary N) is 1. The van der Waals surface area contributed by atoms with E-state index in [0.717, 1.165) is 25.1 Å². The lowest BCUT2D eigenvalue weighted by Gasteiger charge is -2.09. The minimum Gasteiger partial charge on any atom is -0.469 e. The standard InChI is InChI=1S/C12H17NO/c1-3-4-9-13-11(2)7-8-12-6-5-10-14-12/h5-6,10-11,13H,7-9H2,1-2H3. The summed E-state index contributed by atoms with van der Waals surface area (Å²) in [5.74, 6) is 6.91. The molecule has 0 radical (unpaired) electrons. The Balaban J connectivity index is 2.14. The Hall–Kier alpha value is -1.20. The van der Waals surface area contributed by atoms with Crippen molar-refractivity contribution in [2.24, 2.45) is 0 Å². The van der Waals surface area contributed by atoms with Gasteiger partial charge in [0.05, 0.1) is 12.8 Å². The van der Waals surface area contributed by atoms with Gasteiger partial charge in [-0.3, -0.25) is 0 Å². The first-order valence-corrected chi connectivity index (χ1v) is 4.98. The summed E-state index contributed by atoms with van der Waals surface area (Å²) >= 11 is 0. The normalized spacial score (nSPS) is 11.9. The molecule has 0 fully saturated rings. The fourth-order valence-electron chi connectivity index (χ4n) is 1.23. The average Bonchev–Trinajstić information content (AvgIpc) is 2.68. The molecule has 0 saturated heterocycles. The van der Waals surface area contributed by atoms with E-state index in [1.807, 2.05) is 19.1 Å². The molecule has 0 aromatic carbocycles. The molecule has 1 aromatic rings. The predicted molar refractivity (Wildman–Crippen MR) is 57.9 cm³/mol. The number of hydrogen-bond acceptors (Lipinski definition) is 2. The Morgan fingerprint density at radius 1 is 1.57 bits per heavy atom. The first-order valence-electron chi connectivity index (χ1n) is 4.98. The number of furan rings is 1. The zero-order valence-electron chi connectivity index (χ0n) is 8.84. The third-order valence-corrected chi connectivity index (χ3v) is 2.12. The zero-order chi connectivity index (χ0) is 10.2. The van der Waals surface area contributed by atoms with Gasteiger partial charge in [0.15, 0.2) is 0 Å². The van der Waals surface area contributed by atoms with Gasteiger partial charge in [0.1, 0.15) is 5.76 Å². The Morgan fingerprint density at radius 2 is 2.43 bits per heavy atom. The summed E-state index contributed by atoms with van der Waals surface area (Å²) < 4.78 is 5.25. The lowest BCUT2D eigenvalue weighted by atomic mass is 10.1. The van der Waals surface area contributed by atoms with Crippen molar-refractivity contribution in [2.75, 3.05) is 6.54 Å². The highest BCUT2D eigenvalue weighted by Crippen LogP contribution is 2.05. The first kappa shape index (κ1) is 10.9. The number of rotatable bonds is 5. The van der Waals surface area contributed by atoms with E-state index in [1.54, 1.807) is 6.26 Å². The van der Waals surface area contributed by atoms with Crippen LogP contribution in [0.4, 0.5) is 0 Å². The van der Waals surface area contributed by atoms with E-state index in [-0.39, 0.29) is 0 Å². The van der Waals surface area contributed by atoms with Gasteiger partial charge >= 0.3 is 0 Å². The molecule has 1 N–H and O–H groups in total.